The lowest BCUT2D eigenvalue weighted by molar-refractivity contribution is 0.249. The summed E-state index contributed by atoms with van der Waals surface area (Å²) in [5, 5.41) is 17.6. The third-order valence-corrected chi connectivity index (χ3v) is 5.15. The van der Waals surface area contributed by atoms with Crippen molar-refractivity contribution >= 4 is 22.7 Å². The van der Waals surface area contributed by atoms with Gasteiger partial charge in [0.15, 0.2) is 5.82 Å². The average molecular weight is 399 g/mol. The number of nitrogens with zero attached hydrogens (tertiary/aromatic N) is 3. The fourth-order valence-electron chi connectivity index (χ4n) is 3.42. The molecule has 2 aromatic carbocycles. The molecule has 0 saturated heterocycles. The number of rotatable bonds is 7. The van der Waals surface area contributed by atoms with E-state index in [1.54, 1.807) is 6.20 Å². The highest BCUT2D eigenvalue weighted by atomic mass is 16.3. The number of nitrogens with one attached hydrogen (secondary N) is 1. The molecule has 2 heterocycles. The van der Waals surface area contributed by atoms with Gasteiger partial charge in [-0.2, -0.15) is 5.10 Å². The van der Waals surface area contributed by atoms with Gasteiger partial charge in [-0.15, -0.1) is 0 Å². The zero-order chi connectivity index (χ0) is 20.9. The van der Waals surface area contributed by atoms with Crippen molar-refractivity contribution in [1.82, 2.24) is 9.61 Å². The Hall–Kier alpha value is -3.44. The van der Waals surface area contributed by atoms with Crippen molar-refractivity contribution in [3.8, 4) is 0 Å². The summed E-state index contributed by atoms with van der Waals surface area (Å²) in [5.74, 6) is 1.02. The van der Waals surface area contributed by atoms with Crippen LogP contribution in [-0.2, 0) is 0 Å². The van der Waals surface area contributed by atoms with Gasteiger partial charge in [0.2, 0.25) is 0 Å². The Morgan fingerprint density at radius 1 is 0.967 bits per heavy atom. The topological polar surface area (TPSA) is 61.9 Å². The third-order valence-electron chi connectivity index (χ3n) is 5.15. The van der Waals surface area contributed by atoms with E-state index >= 15 is 0 Å². The van der Waals surface area contributed by atoms with Crippen LogP contribution in [0.2, 0.25) is 0 Å². The molecule has 0 fully saturated rings. The molecule has 4 rings (SSSR count). The molecule has 0 radical (unpaired) electrons. The molecule has 0 bridgehead atoms. The van der Waals surface area contributed by atoms with Gasteiger partial charge in [0.05, 0.1) is 30.1 Å². The minimum atomic E-state index is -0.0325. The van der Waals surface area contributed by atoms with E-state index in [1.807, 2.05) is 59.1 Å². The van der Waals surface area contributed by atoms with Crippen LogP contribution in [-0.4, -0.2) is 33.1 Å². The zero-order valence-electron chi connectivity index (χ0n) is 17.2. The van der Waals surface area contributed by atoms with Crippen molar-refractivity contribution < 1.29 is 5.11 Å². The number of hydrogen-bond acceptors (Lipinski definition) is 4. The molecule has 0 amide bonds. The number of hydrogen-bond donors (Lipinski definition) is 2. The lowest BCUT2D eigenvalue weighted by Gasteiger charge is -2.21. The Morgan fingerprint density at radius 2 is 1.60 bits per heavy atom. The highest BCUT2D eigenvalue weighted by molar-refractivity contribution is 6.13. The normalized spacial score (nSPS) is 12.1. The van der Waals surface area contributed by atoms with Gasteiger partial charge in [0.25, 0.3) is 0 Å². The van der Waals surface area contributed by atoms with Crippen LogP contribution < -0.4 is 5.32 Å². The number of fused-ring (bicyclic) bond motifs is 1. The molecule has 0 unspecified atom stereocenters. The van der Waals surface area contributed by atoms with Gasteiger partial charge in [-0.25, -0.2) is 9.51 Å². The molecule has 4 aromatic rings. The second-order valence-electron chi connectivity index (χ2n) is 7.64. The molecule has 1 atom stereocenters. The van der Waals surface area contributed by atoms with Crippen molar-refractivity contribution in [1.29, 1.82) is 0 Å². The van der Waals surface area contributed by atoms with Crippen molar-refractivity contribution in [2.45, 2.75) is 19.9 Å². The maximum atomic E-state index is 9.74. The number of pyridine rings is 1. The Morgan fingerprint density at radius 3 is 2.17 bits per heavy atom. The Labute approximate surface area is 176 Å². The van der Waals surface area contributed by atoms with Gasteiger partial charge in [-0.1, -0.05) is 74.5 Å². The van der Waals surface area contributed by atoms with Crippen molar-refractivity contribution in [2.24, 2.45) is 10.9 Å². The Bertz CT molecular complexity index is 1090. The Balaban J connectivity index is 1.85. The predicted octanol–water partition coefficient (Wildman–Crippen LogP) is 4.93. The third kappa shape index (κ3) is 4.26. The summed E-state index contributed by atoms with van der Waals surface area (Å²) in [7, 11) is 0. The van der Waals surface area contributed by atoms with E-state index < -0.39 is 0 Å². The molecule has 0 spiro atoms. The maximum Gasteiger partial charge on any atom is 0.156 e. The summed E-state index contributed by atoms with van der Waals surface area (Å²) in [6.45, 7) is 4.25. The largest absolute Gasteiger partial charge is 0.394 e. The van der Waals surface area contributed by atoms with Crippen LogP contribution in [0.15, 0.2) is 90.1 Å². The van der Waals surface area contributed by atoms with Gasteiger partial charge in [0, 0.05) is 22.9 Å². The maximum absolute atomic E-state index is 9.74. The minimum Gasteiger partial charge on any atom is -0.394 e. The van der Waals surface area contributed by atoms with E-state index in [1.165, 1.54) is 0 Å². The van der Waals surface area contributed by atoms with Gasteiger partial charge < -0.3 is 10.4 Å². The van der Waals surface area contributed by atoms with E-state index in [4.69, 9.17) is 4.99 Å². The Kier molecular flexibility index (Phi) is 5.91. The second kappa shape index (κ2) is 8.93. The smallest absolute Gasteiger partial charge is 0.156 e. The number of benzene rings is 2. The van der Waals surface area contributed by atoms with E-state index in [-0.39, 0.29) is 12.6 Å². The first kappa shape index (κ1) is 19.9. The summed E-state index contributed by atoms with van der Waals surface area (Å²) in [5.41, 5.74) is 4.82. The van der Waals surface area contributed by atoms with E-state index in [0.717, 1.165) is 33.9 Å². The second-order valence-corrected chi connectivity index (χ2v) is 7.64. The molecule has 0 aliphatic heterocycles. The first-order valence-corrected chi connectivity index (χ1v) is 10.2. The van der Waals surface area contributed by atoms with Crippen LogP contribution in [0, 0.1) is 5.92 Å². The fraction of sp³-hybridized carbons (Fsp3) is 0.200. The van der Waals surface area contributed by atoms with Gasteiger partial charge in [-0.3, -0.25) is 0 Å². The fourth-order valence-corrected chi connectivity index (χ4v) is 3.42. The number of aliphatic imine (C=N–C) groups is 1. The molecule has 5 nitrogen and oxygen atoms in total. The lowest BCUT2D eigenvalue weighted by Crippen LogP contribution is -2.29. The standard InChI is InChI=1S/C25H26N4O/c1-18(2)23(17-30)27-21-15-22-13-14-26-29(22)24(16-21)28-25(19-9-5-3-6-10-19)20-11-7-4-8-12-20/h3-16,18,23,27,30H,17H2,1-2H3/t23-/m0/s1. The van der Waals surface area contributed by atoms with Crippen LogP contribution in [0.3, 0.4) is 0 Å². The van der Waals surface area contributed by atoms with Crippen LogP contribution in [0.1, 0.15) is 25.0 Å². The molecular formula is C25H26N4O. The predicted molar refractivity (Wildman–Crippen MR) is 123 cm³/mol. The molecule has 0 aliphatic carbocycles. The molecule has 0 aliphatic rings. The van der Waals surface area contributed by atoms with Crippen LogP contribution >= 0.6 is 0 Å². The van der Waals surface area contributed by atoms with Crippen molar-refractivity contribution in [3.63, 3.8) is 0 Å². The number of anilines is 1. The molecule has 2 N–H and O–H groups in total. The lowest BCUT2D eigenvalue weighted by atomic mass is 10.0. The van der Waals surface area contributed by atoms with Crippen molar-refractivity contribution in [2.75, 3.05) is 11.9 Å². The van der Waals surface area contributed by atoms with Gasteiger partial charge in [-0.05, 0) is 18.1 Å². The van der Waals surface area contributed by atoms with E-state index in [0.29, 0.717) is 5.92 Å². The molecule has 152 valence electrons. The van der Waals surface area contributed by atoms with Crippen LogP contribution in [0.25, 0.3) is 5.52 Å². The SMILES string of the molecule is CC(C)[C@H](CO)Nc1cc(N=C(c2ccccc2)c2ccccc2)n2nccc2c1. The summed E-state index contributed by atoms with van der Waals surface area (Å²) in [4.78, 5) is 5.05. The molecule has 5 heteroatoms. The van der Waals surface area contributed by atoms with Crippen LogP contribution in [0.5, 0.6) is 0 Å². The number of aromatic nitrogens is 2. The summed E-state index contributed by atoms with van der Waals surface area (Å²) in [6.07, 6.45) is 1.77. The van der Waals surface area contributed by atoms with Crippen LogP contribution in [0.4, 0.5) is 11.5 Å². The first-order chi connectivity index (χ1) is 14.7. The highest BCUT2D eigenvalue weighted by Gasteiger charge is 2.14. The van der Waals surface area contributed by atoms with E-state index in [9.17, 15) is 5.11 Å². The molecular weight excluding hydrogens is 372 g/mol. The molecule has 0 saturated carbocycles. The summed E-state index contributed by atoms with van der Waals surface area (Å²) >= 11 is 0. The minimum absolute atomic E-state index is 0.0325. The number of aliphatic hydroxyl groups is 1. The highest BCUT2D eigenvalue weighted by Crippen LogP contribution is 2.25. The quantitative estimate of drug-likeness (QED) is 0.434. The van der Waals surface area contributed by atoms with Gasteiger partial charge in [0.1, 0.15) is 0 Å². The summed E-state index contributed by atoms with van der Waals surface area (Å²) < 4.78 is 1.83. The van der Waals surface area contributed by atoms with E-state index in [2.05, 4.69) is 48.5 Å². The average Bonchev–Trinajstić information content (AvgIpc) is 3.25. The zero-order valence-corrected chi connectivity index (χ0v) is 17.2. The molecule has 2 aromatic heterocycles. The van der Waals surface area contributed by atoms with Crippen molar-refractivity contribution in [3.05, 3.63) is 96.2 Å². The van der Waals surface area contributed by atoms with Gasteiger partial charge >= 0.3 is 0 Å². The molecule has 30 heavy (non-hydrogen) atoms. The summed E-state index contributed by atoms with van der Waals surface area (Å²) in [6, 6.07) is 26.3. The monoisotopic (exact) mass is 398 g/mol. The number of aliphatic hydroxyl groups excluding tert-OH is 1. The first-order valence-electron chi connectivity index (χ1n) is 10.2.